The summed E-state index contributed by atoms with van der Waals surface area (Å²) in [6.07, 6.45) is 0.0659. The van der Waals surface area contributed by atoms with Crippen LogP contribution in [0.25, 0.3) is 0 Å². The standard InChI is InChI=1S/C13H18O5.C4H6O2/c1-8(2)12(14)17-6-10(4)18-13(15)9(3)5-11-7-16-11;1-3(2)4(5)6/h10-11H,1,3,5-7H2,2,4H3;1H2,2H3,(H,5,6). The van der Waals surface area contributed by atoms with Gasteiger partial charge < -0.3 is 19.3 Å². The smallest absolute Gasteiger partial charge is 0.333 e. The Morgan fingerprint density at radius 3 is 2.04 bits per heavy atom. The topological polar surface area (TPSA) is 102 Å². The third-order valence-corrected chi connectivity index (χ3v) is 2.64. The number of epoxide rings is 1. The van der Waals surface area contributed by atoms with Crippen molar-refractivity contribution in [3.8, 4) is 0 Å². The van der Waals surface area contributed by atoms with Gasteiger partial charge in [-0.05, 0) is 20.8 Å². The summed E-state index contributed by atoms with van der Waals surface area (Å²) in [5.74, 6) is -1.91. The van der Waals surface area contributed by atoms with E-state index in [-0.39, 0.29) is 18.3 Å². The number of aliphatic carboxylic acids is 1. The fourth-order valence-corrected chi connectivity index (χ4v) is 1.16. The minimum Gasteiger partial charge on any atom is -0.478 e. The van der Waals surface area contributed by atoms with Crippen LogP contribution in [-0.4, -0.2) is 48.4 Å². The monoisotopic (exact) mass is 340 g/mol. The second kappa shape index (κ2) is 10.4. The van der Waals surface area contributed by atoms with Crippen LogP contribution >= 0.6 is 0 Å². The highest BCUT2D eigenvalue weighted by atomic mass is 16.6. The van der Waals surface area contributed by atoms with E-state index < -0.39 is 24.0 Å². The molecule has 0 aromatic carbocycles. The summed E-state index contributed by atoms with van der Waals surface area (Å²) in [6, 6.07) is 0. The maximum Gasteiger partial charge on any atom is 0.333 e. The maximum atomic E-state index is 11.6. The highest BCUT2D eigenvalue weighted by Crippen LogP contribution is 2.19. The van der Waals surface area contributed by atoms with Gasteiger partial charge in [0.2, 0.25) is 0 Å². The highest BCUT2D eigenvalue weighted by molar-refractivity contribution is 5.88. The van der Waals surface area contributed by atoms with E-state index >= 15 is 0 Å². The van der Waals surface area contributed by atoms with E-state index in [0.717, 1.165) is 0 Å². The summed E-state index contributed by atoms with van der Waals surface area (Å²) in [6.45, 7) is 15.6. The van der Waals surface area contributed by atoms with E-state index in [1.165, 1.54) is 6.92 Å². The lowest BCUT2D eigenvalue weighted by Crippen LogP contribution is -2.23. The number of carboxylic acid groups (broad SMARTS) is 1. The Kier molecular flexibility index (Phi) is 9.34. The number of esters is 2. The van der Waals surface area contributed by atoms with Gasteiger partial charge in [0, 0.05) is 23.1 Å². The number of rotatable bonds is 8. The van der Waals surface area contributed by atoms with Crippen molar-refractivity contribution in [3.63, 3.8) is 0 Å². The molecule has 0 amide bonds. The van der Waals surface area contributed by atoms with Crippen molar-refractivity contribution < 1.29 is 33.7 Å². The number of hydrogen-bond acceptors (Lipinski definition) is 6. The first-order valence-electron chi connectivity index (χ1n) is 7.26. The lowest BCUT2D eigenvalue weighted by Gasteiger charge is -2.14. The quantitative estimate of drug-likeness (QED) is 0.410. The molecule has 0 aromatic rings. The summed E-state index contributed by atoms with van der Waals surface area (Å²) in [5, 5.41) is 7.89. The summed E-state index contributed by atoms with van der Waals surface area (Å²) in [7, 11) is 0. The van der Waals surface area contributed by atoms with Gasteiger partial charge in [0.1, 0.15) is 12.7 Å². The number of carboxylic acids is 1. The van der Waals surface area contributed by atoms with Crippen molar-refractivity contribution >= 4 is 17.9 Å². The summed E-state index contributed by atoms with van der Waals surface area (Å²) in [5.41, 5.74) is 0.856. The first-order valence-corrected chi connectivity index (χ1v) is 7.26. The van der Waals surface area contributed by atoms with Gasteiger partial charge in [0.15, 0.2) is 0 Å². The molecule has 7 nitrogen and oxygen atoms in total. The van der Waals surface area contributed by atoms with Crippen molar-refractivity contribution in [2.24, 2.45) is 0 Å². The molecule has 2 unspecified atom stereocenters. The molecule has 134 valence electrons. The molecule has 0 spiro atoms. The van der Waals surface area contributed by atoms with Crippen LogP contribution in [0.5, 0.6) is 0 Å². The van der Waals surface area contributed by atoms with E-state index in [1.807, 2.05) is 0 Å². The number of carbonyl (C=O) groups is 3. The second-order valence-corrected chi connectivity index (χ2v) is 5.44. The average molecular weight is 340 g/mol. The molecule has 7 heteroatoms. The predicted molar refractivity (Wildman–Crippen MR) is 87.3 cm³/mol. The van der Waals surface area contributed by atoms with Crippen LogP contribution in [0.1, 0.15) is 27.2 Å². The Morgan fingerprint density at radius 1 is 1.17 bits per heavy atom. The van der Waals surface area contributed by atoms with Gasteiger partial charge in [-0.3, -0.25) is 0 Å². The summed E-state index contributed by atoms with van der Waals surface area (Å²) < 4.78 is 14.9. The normalized spacial score (nSPS) is 15.9. The van der Waals surface area contributed by atoms with Crippen molar-refractivity contribution in [1.82, 2.24) is 0 Å². The molecule has 24 heavy (non-hydrogen) atoms. The van der Waals surface area contributed by atoms with Crippen LogP contribution in [0, 0.1) is 0 Å². The molecular weight excluding hydrogens is 316 g/mol. The zero-order valence-corrected chi connectivity index (χ0v) is 14.3. The van der Waals surface area contributed by atoms with Gasteiger partial charge in [-0.25, -0.2) is 14.4 Å². The van der Waals surface area contributed by atoms with Gasteiger partial charge in [-0.15, -0.1) is 0 Å². The second-order valence-electron chi connectivity index (χ2n) is 5.44. The van der Waals surface area contributed by atoms with Crippen molar-refractivity contribution in [2.75, 3.05) is 13.2 Å². The molecule has 1 rings (SSSR count). The van der Waals surface area contributed by atoms with E-state index in [9.17, 15) is 14.4 Å². The molecule has 1 fully saturated rings. The first kappa shape index (κ1) is 21.6. The Hall–Kier alpha value is -2.41. The largest absolute Gasteiger partial charge is 0.478 e. The maximum absolute atomic E-state index is 11.6. The van der Waals surface area contributed by atoms with Crippen LogP contribution in [-0.2, 0) is 28.6 Å². The van der Waals surface area contributed by atoms with E-state index in [4.69, 9.17) is 19.3 Å². The van der Waals surface area contributed by atoms with E-state index in [1.54, 1.807) is 13.8 Å². The molecule has 0 radical (unpaired) electrons. The van der Waals surface area contributed by atoms with E-state index in [2.05, 4.69) is 19.7 Å². The Bertz CT molecular complexity index is 517. The molecule has 1 heterocycles. The van der Waals surface area contributed by atoms with Crippen LogP contribution in [0.3, 0.4) is 0 Å². The molecule has 2 atom stereocenters. The van der Waals surface area contributed by atoms with Crippen molar-refractivity contribution in [1.29, 1.82) is 0 Å². The Balaban J connectivity index is 0.000000754. The third kappa shape index (κ3) is 10.3. The Morgan fingerprint density at radius 2 is 1.67 bits per heavy atom. The minimum absolute atomic E-state index is 0.00461. The van der Waals surface area contributed by atoms with Crippen LogP contribution < -0.4 is 0 Å². The SMILES string of the molecule is C=C(C)C(=O)O.C=C(C)C(=O)OCC(C)OC(=O)C(=C)CC1CO1. The third-order valence-electron chi connectivity index (χ3n) is 2.64. The lowest BCUT2D eigenvalue weighted by atomic mass is 10.2. The fraction of sp³-hybridized carbons (Fsp3) is 0.471. The fourth-order valence-electron chi connectivity index (χ4n) is 1.16. The van der Waals surface area contributed by atoms with Crippen LogP contribution in [0.4, 0.5) is 0 Å². The molecule has 1 N–H and O–H groups in total. The summed E-state index contributed by atoms with van der Waals surface area (Å²) in [4.78, 5) is 32.3. The molecule has 1 aliphatic rings. The molecular formula is C17H24O7. The summed E-state index contributed by atoms with van der Waals surface area (Å²) >= 11 is 0. The van der Waals surface area contributed by atoms with Gasteiger partial charge in [-0.2, -0.15) is 0 Å². The zero-order chi connectivity index (χ0) is 18.9. The van der Waals surface area contributed by atoms with Gasteiger partial charge in [0.05, 0.1) is 12.7 Å². The zero-order valence-electron chi connectivity index (χ0n) is 14.3. The first-order chi connectivity index (χ1) is 11.0. The highest BCUT2D eigenvalue weighted by Gasteiger charge is 2.26. The molecule has 1 aliphatic heterocycles. The lowest BCUT2D eigenvalue weighted by molar-refractivity contribution is -0.153. The molecule has 0 saturated carbocycles. The minimum atomic E-state index is -0.935. The van der Waals surface area contributed by atoms with Gasteiger partial charge in [-0.1, -0.05) is 19.7 Å². The molecule has 1 saturated heterocycles. The number of ether oxygens (including phenoxy) is 3. The van der Waals surface area contributed by atoms with Gasteiger partial charge in [0.25, 0.3) is 0 Å². The predicted octanol–water partition coefficient (Wildman–Crippen LogP) is 2.03. The van der Waals surface area contributed by atoms with Crippen LogP contribution in [0.15, 0.2) is 36.5 Å². The average Bonchev–Trinajstić information content (AvgIpc) is 3.28. The van der Waals surface area contributed by atoms with Crippen LogP contribution in [0.2, 0.25) is 0 Å². The van der Waals surface area contributed by atoms with Gasteiger partial charge >= 0.3 is 17.9 Å². The molecule has 0 aliphatic carbocycles. The molecule has 0 bridgehead atoms. The van der Waals surface area contributed by atoms with Crippen molar-refractivity contribution in [3.05, 3.63) is 36.5 Å². The molecule has 0 aromatic heterocycles. The van der Waals surface area contributed by atoms with E-state index in [0.29, 0.717) is 24.2 Å². The number of hydrogen-bond donors (Lipinski definition) is 1. The number of carbonyl (C=O) groups excluding carboxylic acids is 2. The van der Waals surface area contributed by atoms with Crippen molar-refractivity contribution in [2.45, 2.75) is 39.4 Å². The Labute approximate surface area is 141 Å².